The molecule has 0 aromatic heterocycles. The average molecular weight is 460 g/mol. The molecule has 2 heterocycles. The second-order valence-electron chi connectivity index (χ2n) is 9.05. The summed E-state index contributed by atoms with van der Waals surface area (Å²) in [6.45, 7) is 14.2. The third-order valence-corrected chi connectivity index (χ3v) is 17.1. The minimum atomic E-state index is -1.82. The summed E-state index contributed by atoms with van der Waals surface area (Å²) in [6, 6.07) is 6.40. The Morgan fingerprint density at radius 3 is 2.07 bits per heavy atom. The molecule has 176 valence electrons. The number of ether oxygens (including phenoxy) is 2. The Balaban J connectivity index is 2.14. The van der Waals surface area contributed by atoms with Crippen molar-refractivity contribution in [2.24, 2.45) is 5.73 Å². The number of hydrogen-bond acceptors (Lipinski definition) is 6. The molecule has 6 nitrogen and oxygen atoms in total. The predicted octanol–water partition coefficient (Wildman–Crippen LogP) is 4.59. The third-order valence-electron chi connectivity index (χ3n) is 7.76. The Hall–Kier alpha value is -0.256. The molecule has 0 aromatic rings. The van der Waals surface area contributed by atoms with Crippen molar-refractivity contribution >= 4 is 22.6 Å². The van der Waals surface area contributed by atoms with E-state index in [1.165, 1.54) is 0 Å². The Morgan fingerprint density at radius 2 is 1.53 bits per heavy atom. The molecule has 2 fully saturated rings. The molecule has 8 heteroatoms. The molecule has 0 bridgehead atoms. The van der Waals surface area contributed by atoms with Gasteiger partial charge in [0, 0.05) is 19.1 Å². The predicted molar refractivity (Wildman–Crippen MR) is 126 cm³/mol. The van der Waals surface area contributed by atoms with E-state index in [0.29, 0.717) is 13.0 Å². The number of hydrogen-bond donors (Lipinski definition) is 1. The molecular weight excluding hydrogens is 414 g/mol. The van der Waals surface area contributed by atoms with Crippen molar-refractivity contribution in [3.63, 3.8) is 0 Å². The summed E-state index contributed by atoms with van der Waals surface area (Å²) >= 11 is 0. The minimum absolute atomic E-state index is 0.0529. The van der Waals surface area contributed by atoms with Gasteiger partial charge in [-0.3, -0.25) is 4.79 Å². The topological polar surface area (TPSA) is 80.0 Å². The first-order chi connectivity index (χ1) is 14.3. The number of fused-ring (bicyclic) bond motifs is 1. The van der Waals surface area contributed by atoms with E-state index in [-0.39, 0.29) is 42.8 Å². The maximum atomic E-state index is 11.9. The molecule has 0 radical (unpaired) electrons. The molecule has 0 saturated carbocycles. The first-order valence-electron chi connectivity index (χ1n) is 12.2. The van der Waals surface area contributed by atoms with Gasteiger partial charge in [-0.2, -0.15) is 0 Å². The molecule has 2 rings (SSSR count). The Morgan fingerprint density at radius 1 is 0.967 bits per heavy atom. The van der Waals surface area contributed by atoms with Gasteiger partial charge in [0.2, 0.25) is 0 Å². The fourth-order valence-electron chi connectivity index (χ4n) is 5.06. The van der Waals surface area contributed by atoms with Crippen molar-refractivity contribution in [2.75, 3.05) is 6.61 Å². The van der Waals surface area contributed by atoms with Gasteiger partial charge in [-0.25, -0.2) is 0 Å². The molecule has 0 amide bonds. The highest BCUT2D eigenvalue weighted by atomic mass is 28.4. The number of nitrogens with two attached hydrogens (primary N) is 1. The van der Waals surface area contributed by atoms with Crippen LogP contribution in [-0.2, 0) is 23.1 Å². The van der Waals surface area contributed by atoms with Crippen molar-refractivity contribution in [3.05, 3.63) is 0 Å². The van der Waals surface area contributed by atoms with E-state index in [4.69, 9.17) is 24.1 Å². The van der Waals surface area contributed by atoms with Crippen molar-refractivity contribution in [1.29, 1.82) is 0 Å². The summed E-state index contributed by atoms with van der Waals surface area (Å²) in [5.74, 6) is -0.220. The monoisotopic (exact) mass is 459 g/mol. The van der Waals surface area contributed by atoms with Gasteiger partial charge in [0.25, 0.3) is 0 Å². The second kappa shape index (κ2) is 11.6. The van der Waals surface area contributed by atoms with Gasteiger partial charge in [-0.15, -0.1) is 0 Å². The van der Waals surface area contributed by atoms with Crippen LogP contribution in [0.5, 0.6) is 0 Å². The van der Waals surface area contributed by atoms with E-state index in [0.717, 1.165) is 42.7 Å². The molecule has 2 saturated heterocycles. The molecular formula is C22H45NO5Si2. The fourth-order valence-corrected chi connectivity index (χ4v) is 10.6. The minimum Gasteiger partial charge on any atom is -0.459 e. The van der Waals surface area contributed by atoms with Gasteiger partial charge in [-0.1, -0.05) is 41.5 Å². The standard InChI is InChI=1S/C22H45NO5Si2/c1-7-29(8-2,9-3)25-14-13-18-19(28-30(10-4,11-5)12-6)16-20-22(27-18)17(23)15-21(24)26-20/h17-20,22H,7-16,23H2,1-6H3/t17-,18?,19?,20?,22?/m0/s1. The summed E-state index contributed by atoms with van der Waals surface area (Å²) in [4.78, 5) is 11.9. The average Bonchev–Trinajstić information content (AvgIpc) is 2.76. The van der Waals surface area contributed by atoms with Crippen LogP contribution in [0.15, 0.2) is 0 Å². The maximum absolute atomic E-state index is 11.9. The van der Waals surface area contributed by atoms with Gasteiger partial charge in [0.1, 0.15) is 12.2 Å². The molecule has 0 spiro atoms. The quantitative estimate of drug-likeness (QED) is 0.340. The van der Waals surface area contributed by atoms with Crippen LogP contribution in [-0.4, -0.2) is 59.7 Å². The number of rotatable bonds is 12. The molecule has 2 aliphatic heterocycles. The summed E-state index contributed by atoms with van der Waals surface area (Å²) < 4.78 is 25.5. The van der Waals surface area contributed by atoms with E-state index >= 15 is 0 Å². The lowest BCUT2D eigenvalue weighted by Gasteiger charge is -2.47. The highest BCUT2D eigenvalue weighted by molar-refractivity contribution is 6.74. The van der Waals surface area contributed by atoms with Crippen molar-refractivity contribution in [2.45, 2.75) is 128 Å². The van der Waals surface area contributed by atoms with Crippen LogP contribution in [0, 0.1) is 0 Å². The van der Waals surface area contributed by atoms with Crippen molar-refractivity contribution < 1.29 is 23.1 Å². The first kappa shape index (κ1) is 26.0. The largest absolute Gasteiger partial charge is 0.459 e. The number of carbonyl (C=O) groups is 1. The third kappa shape index (κ3) is 5.95. The Bertz CT molecular complexity index is 525. The van der Waals surface area contributed by atoms with Crippen LogP contribution in [0.2, 0.25) is 36.3 Å². The zero-order valence-electron chi connectivity index (χ0n) is 20.1. The molecule has 2 N–H and O–H groups in total. The number of carbonyl (C=O) groups excluding carboxylic acids is 1. The second-order valence-corrected chi connectivity index (χ2v) is 18.6. The summed E-state index contributed by atoms with van der Waals surface area (Å²) in [7, 11) is -3.45. The van der Waals surface area contributed by atoms with Gasteiger partial charge in [0.05, 0.1) is 18.6 Å². The lowest BCUT2D eigenvalue weighted by Crippen LogP contribution is -2.61. The van der Waals surface area contributed by atoms with Gasteiger partial charge < -0.3 is 24.1 Å². The van der Waals surface area contributed by atoms with E-state index in [2.05, 4.69) is 41.5 Å². The van der Waals surface area contributed by atoms with Crippen molar-refractivity contribution in [1.82, 2.24) is 0 Å². The lowest BCUT2D eigenvalue weighted by molar-refractivity contribution is -0.210. The van der Waals surface area contributed by atoms with Gasteiger partial charge >= 0.3 is 5.97 Å². The lowest BCUT2D eigenvalue weighted by atomic mass is 9.90. The summed E-state index contributed by atoms with van der Waals surface area (Å²) in [5, 5.41) is 0. The van der Waals surface area contributed by atoms with Crippen LogP contribution >= 0.6 is 0 Å². The normalized spacial score (nSPS) is 30.1. The van der Waals surface area contributed by atoms with Gasteiger partial charge in [0.15, 0.2) is 16.6 Å². The van der Waals surface area contributed by atoms with Crippen molar-refractivity contribution in [3.8, 4) is 0 Å². The first-order valence-corrected chi connectivity index (χ1v) is 17.3. The highest BCUT2D eigenvalue weighted by Gasteiger charge is 2.48. The molecule has 5 atom stereocenters. The maximum Gasteiger partial charge on any atom is 0.307 e. The SMILES string of the molecule is CC[Si](CC)(CC)OCCC1OC2C(CC1O[Si](CC)(CC)CC)OC(=O)C[C@@H]2N. The van der Waals surface area contributed by atoms with Crippen LogP contribution < -0.4 is 5.73 Å². The fraction of sp³-hybridized carbons (Fsp3) is 0.955. The van der Waals surface area contributed by atoms with E-state index < -0.39 is 16.6 Å². The van der Waals surface area contributed by atoms with Crippen LogP contribution in [0.3, 0.4) is 0 Å². The van der Waals surface area contributed by atoms with E-state index in [9.17, 15) is 4.79 Å². The van der Waals surface area contributed by atoms with Crippen LogP contribution in [0.1, 0.15) is 60.8 Å². The van der Waals surface area contributed by atoms with Crippen LogP contribution in [0.4, 0.5) is 0 Å². The zero-order chi connectivity index (χ0) is 22.4. The smallest absolute Gasteiger partial charge is 0.307 e. The van der Waals surface area contributed by atoms with E-state index in [1.54, 1.807) is 0 Å². The number of esters is 1. The van der Waals surface area contributed by atoms with E-state index in [1.807, 2.05) is 0 Å². The summed E-state index contributed by atoms with van der Waals surface area (Å²) in [6.07, 6.45) is 1.08. The summed E-state index contributed by atoms with van der Waals surface area (Å²) in [5.41, 5.74) is 6.27. The highest BCUT2D eigenvalue weighted by Crippen LogP contribution is 2.35. The molecule has 2 aliphatic rings. The molecule has 4 unspecified atom stereocenters. The Kier molecular flexibility index (Phi) is 10.0. The van der Waals surface area contributed by atoms with Crippen LogP contribution in [0.25, 0.3) is 0 Å². The Labute approximate surface area is 185 Å². The van der Waals surface area contributed by atoms with Gasteiger partial charge in [-0.05, 0) is 42.7 Å². The molecule has 30 heavy (non-hydrogen) atoms. The molecule has 0 aliphatic carbocycles. The zero-order valence-corrected chi connectivity index (χ0v) is 22.1. The molecule has 0 aromatic carbocycles.